The van der Waals surface area contributed by atoms with Crippen molar-refractivity contribution in [3.63, 3.8) is 0 Å². The number of fused-ring (bicyclic) bond motifs is 1. The number of imidazole rings is 1. The van der Waals surface area contributed by atoms with Crippen molar-refractivity contribution in [2.24, 2.45) is 5.41 Å². The van der Waals surface area contributed by atoms with Crippen molar-refractivity contribution in [3.8, 4) is 0 Å². The predicted molar refractivity (Wildman–Crippen MR) is 92.7 cm³/mol. The molecule has 0 amide bonds. The van der Waals surface area contributed by atoms with Gasteiger partial charge in [-0.1, -0.05) is 40.0 Å². The van der Waals surface area contributed by atoms with E-state index in [1.165, 1.54) is 25.3 Å². The van der Waals surface area contributed by atoms with Gasteiger partial charge >= 0.3 is 0 Å². The van der Waals surface area contributed by atoms with Gasteiger partial charge in [0.2, 0.25) is 0 Å². The van der Waals surface area contributed by atoms with E-state index in [1.807, 2.05) is 0 Å². The second kappa shape index (κ2) is 6.61. The molecule has 1 heterocycles. The molecule has 0 unspecified atom stereocenters. The Hall–Kier alpha value is -0.680. The van der Waals surface area contributed by atoms with Crippen molar-refractivity contribution in [3.05, 3.63) is 27.2 Å². The number of benzene rings is 1. The highest BCUT2D eigenvalue weighted by Gasteiger charge is 2.20. The molecule has 0 aliphatic heterocycles. The molecular weight excluding hydrogens is 351 g/mol. The minimum Gasteiger partial charge on any atom is -0.330 e. The van der Waals surface area contributed by atoms with E-state index in [0.717, 1.165) is 24.0 Å². The van der Waals surface area contributed by atoms with Gasteiger partial charge in [-0.05, 0) is 46.0 Å². The molecule has 0 aliphatic carbocycles. The molecule has 2 rings (SSSR count). The third-order valence-corrected chi connectivity index (χ3v) is 4.79. The Morgan fingerprint density at radius 1 is 1.33 bits per heavy atom. The first-order chi connectivity index (χ1) is 9.84. The van der Waals surface area contributed by atoms with Gasteiger partial charge in [0.25, 0.3) is 0 Å². The van der Waals surface area contributed by atoms with E-state index in [4.69, 9.17) is 12.2 Å². The SMILES string of the molecule is CCCCCC(C)(C)Cn1c(=S)[nH]c2cc(F)c(Br)cc21. The van der Waals surface area contributed by atoms with Crippen LogP contribution in [-0.4, -0.2) is 9.55 Å². The minimum atomic E-state index is -0.270. The summed E-state index contributed by atoms with van der Waals surface area (Å²) in [7, 11) is 0. The molecule has 1 aromatic carbocycles. The summed E-state index contributed by atoms with van der Waals surface area (Å²) in [5, 5.41) is 0. The van der Waals surface area contributed by atoms with Crippen LogP contribution < -0.4 is 0 Å². The van der Waals surface area contributed by atoms with E-state index >= 15 is 0 Å². The number of halogens is 2. The summed E-state index contributed by atoms with van der Waals surface area (Å²) in [5.74, 6) is -0.270. The van der Waals surface area contributed by atoms with Gasteiger partial charge in [-0.3, -0.25) is 0 Å². The van der Waals surface area contributed by atoms with Crippen molar-refractivity contribution >= 4 is 39.2 Å². The highest BCUT2D eigenvalue weighted by atomic mass is 79.9. The van der Waals surface area contributed by atoms with Crippen LogP contribution in [0, 0.1) is 16.0 Å². The lowest BCUT2D eigenvalue weighted by Crippen LogP contribution is -2.19. The van der Waals surface area contributed by atoms with Crippen molar-refractivity contribution in [2.75, 3.05) is 0 Å². The van der Waals surface area contributed by atoms with Gasteiger partial charge in [0.1, 0.15) is 5.82 Å². The van der Waals surface area contributed by atoms with E-state index in [1.54, 1.807) is 6.07 Å². The van der Waals surface area contributed by atoms with Crippen LogP contribution in [0.5, 0.6) is 0 Å². The van der Waals surface area contributed by atoms with Crippen LogP contribution in [0.2, 0.25) is 0 Å². The second-order valence-electron chi connectivity index (χ2n) is 6.42. The first-order valence-electron chi connectivity index (χ1n) is 7.41. The van der Waals surface area contributed by atoms with Gasteiger partial charge in [0, 0.05) is 12.6 Å². The zero-order valence-corrected chi connectivity index (χ0v) is 15.2. The van der Waals surface area contributed by atoms with Gasteiger partial charge in [-0.15, -0.1) is 0 Å². The second-order valence-corrected chi connectivity index (χ2v) is 7.66. The van der Waals surface area contributed by atoms with Crippen molar-refractivity contribution < 1.29 is 4.39 Å². The Labute approximate surface area is 138 Å². The largest absolute Gasteiger partial charge is 0.330 e. The fourth-order valence-electron chi connectivity index (χ4n) is 2.67. The Morgan fingerprint density at radius 3 is 2.71 bits per heavy atom. The third kappa shape index (κ3) is 3.95. The molecule has 0 aliphatic rings. The first kappa shape index (κ1) is 16.7. The molecule has 2 aromatic rings. The lowest BCUT2D eigenvalue weighted by atomic mass is 9.87. The zero-order valence-electron chi connectivity index (χ0n) is 12.8. The molecule has 0 radical (unpaired) electrons. The maximum absolute atomic E-state index is 13.6. The first-order valence-corrected chi connectivity index (χ1v) is 8.62. The summed E-state index contributed by atoms with van der Waals surface area (Å²) in [6.45, 7) is 7.59. The van der Waals surface area contributed by atoms with Gasteiger partial charge in [0.15, 0.2) is 4.77 Å². The molecule has 0 fully saturated rings. The van der Waals surface area contributed by atoms with Crippen molar-refractivity contribution in [2.45, 2.75) is 53.0 Å². The van der Waals surface area contributed by atoms with Gasteiger partial charge < -0.3 is 9.55 Å². The molecular formula is C16H22BrFN2S. The van der Waals surface area contributed by atoms with Crippen LogP contribution in [0.1, 0.15) is 46.5 Å². The molecule has 21 heavy (non-hydrogen) atoms. The normalized spacial score (nSPS) is 12.2. The molecule has 2 nitrogen and oxygen atoms in total. The number of rotatable bonds is 6. The number of aromatic nitrogens is 2. The smallest absolute Gasteiger partial charge is 0.178 e. The molecule has 1 aromatic heterocycles. The minimum absolute atomic E-state index is 0.170. The number of hydrogen-bond donors (Lipinski definition) is 1. The van der Waals surface area contributed by atoms with Crippen molar-refractivity contribution in [1.29, 1.82) is 0 Å². The van der Waals surface area contributed by atoms with Crippen LogP contribution in [-0.2, 0) is 6.54 Å². The summed E-state index contributed by atoms with van der Waals surface area (Å²) in [5.41, 5.74) is 1.88. The van der Waals surface area contributed by atoms with Crippen LogP contribution in [0.3, 0.4) is 0 Å². The van der Waals surface area contributed by atoms with Gasteiger partial charge in [-0.2, -0.15) is 0 Å². The van der Waals surface area contributed by atoms with E-state index in [0.29, 0.717) is 9.24 Å². The predicted octanol–water partition coefficient (Wildman–Crippen LogP) is 6.21. The topological polar surface area (TPSA) is 20.7 Å². The molecule has 0 saturated heterocycles. The van der Waals surface area contributed by atoms with E-state index < -0.39 is 0 Å². The van der Waals surface area contributed by atoms with Crippen LogP contribution in [0.4, 0.5) is 4.39 Å². The number of nitrogens with zero attached hydrogens (tertiary/aromatic N) is 1. The highest BCUT2D eigenvalue weighted by molar-refractivity contribution is 9.10. The summed E-state index contributed by atoms with van der Waals surface area (Å²) >= 11 is 8.67. The van der Waals surface area contributed by atoms with Crippen LogP contribution in [0.25, 0.3) is 11.0 Å². The Bertz CT molecular complexity index is 687. The van der Waals surface area contributed by atoms with E-state index in [-0.39, 0.29) is 11.2 Å². The lowest BCUT2D eigenvalue weighted by molar-refractivity contribution is 0.273. The monoisotopic (exact) mass is 372 g/mol. The Balaban J connectivity index is 2.31. The highest BCUT2D eigenvalue weighted by Crippen LogP contribution is 2.29. The molecule has 0 atom stereocenters. The Kier molecular flexibility index (Phi) is 5.25. The number of nitrogens with one attached hydrogen (secondary N) is 1. The van der Waals surface area contributed by atoms with E-state index in [9.17, 15) is 4.39 Å². The maximum Gasteiger partial charge on any atom is 0.178 e. The quantitative estimate of drug-likeness (QED) is 0.472. The molecule has 0 spiro atoms. The summed E-state index contributed by atoms with van der Waals surface area (Å²) in [6.07, 6.45) is 4.89. The number of unbranched alkanes of at least 4 members (excludes halogenated alkanes) is 2. The Morgan fingerprint density at radius 2 is 2.05 bits per heavy atom. The van der Waals surface area contributed by atoms with Crippen molar-refractivity contribution in [1.82, 2.24) is 9.55 Å². The average molecular weight is 373 g/mol. The van der Waals surface area contributed by atoms with E-state index in [2.05, 4.69) is 46.3 Å². The average Bonchev–Trinajstić information content (AvgIpc) is 2.66. The maximum atomic E-state index is 13.6. The fraction of sp³-hybridized carbons (Fsp3) is 0.562. The molecule has 0 bridgehead atoms. The molecule has 1 N–H and O–H groups in total. The van der Waals surface area contributed by atoms with Gasteiger partial charge in [0.05, 0.1) is 15.5 Å². The number of H-pyrrole nitrogens is 1. The third-order valence-electron chi connectivity index (χ3n) is 3.86. The lowest BCUT2D eigenvalue weighted by Gasteiger charge is -2.25. The fourth-order valence-corrected chi connectivity index (χ4v) is 3.27. The molecule has 0 saturated carbocycles. The summed E-state index contributed by atoms with van der Waals surface area (Å²) in [6, 6.07) is 3.30. The van der Waals surface area contributed by atoms with Gasteiger partial charge in [-0.25, -0.2) is 4.39 Å². The number of aromatic amines is 1. The zero-order chi connectivity index (χ0) is 15.6. The summed E-state index contributed by atoms with van der Waals surface area (Å²) < 4.78 is 16.8. The van der Waals surface area contributed by atoms with Crippen LogP contribution >= 0.6 is 28.1 Å². The number of hydrogen-bond acceptors (Lipinski definition) is 1. The molecule has 5 heteroatoms. The summed E-state index contributed by atoms with van der Waals surface area (Å²) in [4.78, 5) is 3.10. The standard InChI is InChI=1S/C16H22BrFN2S/c1-4-5-6-7-16(2,3)10-20-14-8-11(17)12(18)9-13(14)19-15(20)21/h8-9H,4-7,10H2,1-3H3,(H,19,21). The molecule has 116 valence electrons. The van der Waals surface area contributed by atoms with Crippen LogP contribution in [0.15, 0.2) is 16.6 Å².